The van der Waals surface area contributed by atoms with Crippen LogP contribution in [0.25, 0.3) is 6.08 Å². The summed E-state index contributed by atoms with van der Waals surface area (Å²) in [4.78, 5) is 37.1. The molecule has 0 aliphatic carbocycles. The molecule has 0 spiro atoms. The van der Waals surface area contributed by atoms with Crippen LogP contribution < -0.4 is 19.5 Å². The average Bonchev–Trinajstić information content (AvgIpc) is 2.93. The standard InChI is InChI=1S/C29H26N2O7/c1-4-36-26-17-19(6-15-25(26)38-29(34)21-9-13-24(35-3)14-10-21)16-22(18-30)27(32)31-23-11-7-20(8-12-23)28(33)37-5-2/h6-17H,4-5H2,1-3H3,(H,31,32)/b22-16+. The molecule has 194 valence electrons. The number of hydrogen-bond donors (Lipinski definition) is 1. The summed E-state index contributed by atoms with van der Waals surface area (Å²) in [6.45, 7) is 4.04. The van der Waals surface area contributed by atoms with Crippen molar-refractivity contribution in [1.29, 1.82) is 5.26 Å². The van der Waals surface area contributed by atoms with Crippen LogP contribution in [0.3, 0.4) is 0 Å². The summed E-state index contributed by atoms with van der Waals surface area (Å²) in [5, 5.41) is 12.2. The molecule has 0 fully saturated rings. The third kappa shape index (κ3) is 7.21. The minimum Gasteiger partial charge on any atom is -0.497 e. The largest absolute Gasteiger partial charge is 0.497 e. The SMILES string of the molecule is CCOC(=O)c1ccc(NC(=O)/C(C#N)=C/c2ccc(OC(=O)c3ccc(OC)cc3)c(OCC)c2)cc1. The van der Waals surface area contributed by atoms with Gasteiger partial charge in [-0.2, -0.15) is 5.26 Å². The molecule has 0 heterocycles. The maximum Gasteiger partial charge on any atom is 0.343 e. The van der Waals surface area contributed by atoms with Crippen LogP contribution in [0.5, 0.6) is 17.2 Å². The number of methoxy groups -OCH3 is 1. The highest BCUT2D eigenvalue weighted by atomic mass is 16.6. The highest BCUT2D eigenvalue weighted by Gasteiger charge is 2.15. The number of amides is 1. The van der Waals surface area contributed by atoms with Gasteiger partial charge in [0.2, 0.25) is 0 Å². The molecular weight excluding hydrogens is 488 g/mol. The molecule has 0 saturated carbocycles. The Morgan fingerprint density at radius 3 is 2.13 bits per heavy atom. The first-order valence-corrected chi connectivity index (χ1v) is 11.7. The number of nitrogens with zero attached hydrogens (tertiary/aromatic N) is 1. The predicted molar refractivity (Wildman–Crippen MR) is 140 cm³/mol. The molecule has 0 saturated heterocycles. The van der Waals surface area contributed by atoms with Gasteiger partial charge in [0.15, 0.2) is 11.5 Å². The van der Waals surface area contributed by atoms with Crippen molar-refractivity contribution in [2.45, 2.75) is 13.8 Å². The van der Waals surface area contributed by atoms with Crippen LogP contribution in [0.15, 0.2) is 72.3 Å². The van der Waals surface area contributed by atoms with Crippen molar-refractivity contribution in [3.05, 3.63) is 89.0 Å². The van der Waals surface area contributed by atoms with E-state index >= 15 is 0 Å². The van der Waals surface area contributed by atoms with E-state index in [1.807, 2.05) is 6.07 Å². The maximum absolute atomic E-state index is 12.7. The molecule has 3 aromatic rings. The van der Waals surface area contributed by atoms with Crippen molar-refractivity contribution in [2.75, 3.05) is 25.6 Å². The second-order valence-corrected chi connectivity index (χ2v) is 7.68. The summed E-state index contributed by atoms with van der Waals surface area (Å²) in [7, 11) is 1.53. The van der Waals surface area contributed by atoms with Crippen molar-refractivity contribution in [1.82, 2.24) is 0 Å². The number of nitrogens with one attached hydrogen (secondary N) is 1. The third-order valence-corrected chi connectivity index (χ3v) is 5.13. The first-order chi connectivity index (χ1) is 18.4. The Bertz CT molecular complexity index is 1370. The molecule has 1 amide bonds. The molecule has 3 rings (SSSR count). The van der Waals surface area contributed by atoms with Crippen LogP contribution in [0.2, 0.25) is 0 Å². The van der Waals surface area contributed by atoms with Gasteiger partial charge in [0.05, 0.1) is 31.5 Å². The molecule has 0 unspecified atom stereocenters. The number of benzene rings is 3. The van der Waals surface area contributed by atoms with Gasteiger partial charge in [0.25, 0.3) is 5.91 Å². The molecule has 0 aliphatic heterocycles. The molecule has 38 heavy (non-hydrogen) atoms. The van der Waals surface area contributed by atoms with E-state index in [9.17, 15) is 19.6 Å². The first kappa shape index (κ1) is 27.5. The van der Waals surface area contributed by atoms with Gasteiger partial charge in [0, 0.05) is 5.69 Å². The summed E-state index contributed by atoms with van der Waals surface area (Å²) in [5.41, 5.74) is 1.40. The Labute approximate surface area is 220 Å². The Hall–Kier alpha value is -5.10. The molecule has 0 bridgehead atoms. The van der Waals surface area contributed by atoms with Crippen LogP contribution in [0, 0.1) is 11.3 Å². The lowest BCUT2D eigenvalue weighted by atomic mass is 10.1. The fourth-order valence-corrected chi connectivity index (χ4v) is 3.27. The van der Waals surface area contributed by atoms with E-state index in [-0.39, 0.29) is 23.7 Å². The van der Waals surface area contributed by atoms with E-state index in [4.69, 9.17) is 18.9 Å². The Balaban J connectivity index is 1.76. The lowest BCUT2D eigenvalue weighted by Crippen LogP contribution is -2.13. The Kier molecular flexibility index (Phi) is 9.60. The Morgan fingerprint density at radius 1 is 0.868 bits per heavy atom. The molecule has 9 nitrogen and oxygen atoms in total. The van der Waals surface area contributed by atoms with E-state index < -0.39 is 17.8 Å². The maximum atomic E-state index is 12.7. The fraction of sp³-hybridized carbons (Fsp3) is 0.172. The number of carbonyl (C=O) groups is 3. The van der Waals surface area contributed by atoms with E-state index in [2.05, 4.69) is 5.32 Å². The van der Waals surface area contributed by atoms with Crippen molar-refractivity contribution in [3.8, 4) is 23.3 Å². The molecule has 0 aliphatic rings. The van der Waals surface area contributed by atoms with Crippen molar-refractivity contribution in [3.63, 3.8) is 0 Å². The zero-order valence-corrected chi connectivity index (χ0v) is 21.1. The number of ether oxygens (including phenoxy) is 4. The normalized spacial score (nSPS) is 10.6. The van der Waals surface area contributed by atoms with Gasteiger partial charge in [-0.15, -0.1) is 0 Å². The minimum absolute atomic E-state index is 0.162. The lowest BCUT2D eigenvalue weighted by Gasteiger charge is -2.12. The monoisotopic (exact) mass is 514 g/mol. The van der Waals surface area contributed by atoms with Gasteiger partial charge in [0.1, 0.15) is 17.4 Å². The van der Waals surface area contributed by atoms with Gasteiger partial charge < -0.3 is 24.3 Å². The number of carbonyl (C=O) groups excluding carboxylic acids is 3. The van der Waals surface area contributed by atoms with Crippen molar-refractivity contribution in [2.24, 2.45) is 0 Å². The molecule has 0 atom stereocenters. The highest BCUT2D eigenvalue weighted by Crippen LogP contribution is 2.30. The van der Waals surface area contributed by atoms with Gasteiger partial charge in [-0.1, -0.05) is 6.07 Å². The van der Waals surface area contributed by atoms with Gasteiger partial charge in [-0.3, -0.25) is 4.79 Å². The summed E-state index contributed by atoms with van der Waals surface area (Å²) < 4.78 is 21.2. The van der Waals surface area contributed by atoms with Gasteiger partial charge in [-0.05, 0) is 86.2 Å². The van der Waals surface area contributed by atoms with Gasteiger partial charge in [-0.25, -0.2) is 9.59 Å². The quantitative estimate of drug-likeness (QED) is 0.173. The predicted octanol–water partition coefficient (Wildman–Crippen LogP) is 5.04. The first-order valence-electron chi connectivity index (χ1n) is 11.7. The fourth-order valence-electron chi connectivity index (χ4n) is 3.27. The Morgan fingerprint density at radius 2 is 1.53 bits per heavy atom. The second kappa shape index (κ2) is 13.3. The smallest absolute Gasteiger partial charge is 0.343 e. The van der Waals surface area contributed by atoms with Crippen LogP contribution in [0.1, 0.15) is 40.1 Å². The molecule has 0 aromatic heterocycles. The molecule has 0 radical (unpaired) electrons. The van der Waals surface area contributed by atoms with Crippen molar-refractivity contribution >= 4 is 29.6 Å². The number of esters is 2. The summed E-state index contributed by atoms with van der Waals surface area (Å²) in [6.07, 6.45) is 1.39. The average molecular weight is 515 g/mol. The number of hydrogen-bond acceptors (Lipinski definition) is 8. The number of nitriles is 1. The van der Waals surface area contributed by atoms with E-state index in [0.717, 1.165) is 0 Å². The topological polar surface area (TPSA) is 124 Å². The number of anilines is 1. The molecule has 1 N–H and O–H groups in total. The van der Waals surface area contributed by atoms with Crippen LogP contribution in [-0.4, -0.2) is 38.2 Å². The summed E-state index contributed by atoms with van der Waals surface area (Å²) in [5.74, 6) is -0.609. The van der Waals surface area contributed by atoms with Crippen LogP contribution in [-0.2, 0) is 9.53 Å². The van der Waals surface area contributed by atoms with E-state index in [0.29, 0.717) is 34.7 Å². The summed E-state index contributed by atoms with van der Waals surface area (Å²) in [6, 6.07) is 19.2. The van der Waals surface area contributed by atoms with Crippen molar-refractivity contribution < 1.29 is 33.3 Å². The zero-order chi connectivity index (χ0) is 27.5. The summed E-state index contributed by atoms with van der Waals surface area (Å²) >= 11 is 0. The molecule has 9 heteroatoms. The second-order valence-electron chi connectivity index (χ2n) is 7.68. The molecular formula is C29H26N2O7. The lowest BCUT2D eigenvalue weighted by molar-refractivity contribution is -0.112. The highest BCUT2D eigenvalue weighted by molar-refractivity contribution is 6.09. The number of rotatable bonds is 10. The zero-order valence-electron chi connectivity index (χ0n) is 21.1. The molecule has 3 aromatic carbocycles. The van der Waals surface area contributed by atoms with Crippen LogP contribution >= 0.6 is 0 Å². The third-order valence-electron chi connectivity index (χ3n) is 5.13. The van der Waals surface area contributed by atoms with E-state index in [1.165, 1.54) is 43.5 Å². The minimum atomic E-state index is -0.635. The van der Waals surface area contributed by atoms with E-state index in [1.54, 1.807) is 50.2 Å². The van der Waals surface area contributed by atoms with Gasteiger partial charge >= 0.3 is 11.9 Å². The van der Waals surface area contributed by atoms with Crippen LogP contribution in [0.4, 0.5) is 5.69 Å².